The van der Waals surface area contributed by atoms with Gasteiger partial charge in [-0.05, 0) is 72.7 Å². The molecule has 162 valence electrons. The Labute approximate surface area is 195 Å². The van der Waals surface area contributed by atoms with Crippen LogP contribution in [0.25, 0.3) is 11.1 Å². The molecule has 4 rings (SSSR count). The van der Waals surface area contributed by atoms with Crippen LogP contribution in [0.4, 0.5) is 5.69 Å². The van der Waals surface area contributed by atoms with E-state index < -0.39 is 0 Å². The third-order valence-corrected chi connectivity index (χ3v) is 5.29. The van der Waals surface area contributed by atoms with Crippen LogP contribution < -0.4 is 15.4 Å². The van der Waals surface area contributed by atoms with Gasteiger partial charge in [-0.2, -0.15) is 0 Å². The van der Waals surface area contributed by atoms with Crippen molar-refractivity contribution < 1.29 is 13.9 Å². The molecule has 6 nitrogen and oxygen atoms in total. The first kappa shape index (κ1) is 21.8. The minimum absolute atomic E-state index is 0.160. The van der Waals surface area contributed by atoms with Crippen molar-refractivity contribution >= 4 is 51.6 Å². The molecule has 0 aliphatic heterocycles. The largest absolute Gasteiger partial charge is 0.484 e. The average molecular weight is 466 g/mol. The van der Waals surface area contributed by atoms with E-state index in [-0.39, 0.29) is 17.6 Å². The highest BCUT2D eigenvalue weighted by atomic mass is 35.5. The second-order valence-corrected chi connectivity index (χ2v) is 7.97. The maximum atomic E-state index is 12.1. The summed E-state index contributed by atoms with van der Waals surface area (Å²) >= 11 is 11.2. The smallest absolute Gasteiger partial charge is 0.264 e. The third kappa shape index (κ3) is 5.63. The molecular weight excluding hydrogens is 446 g/mol. The number of aromatic nitrogens is 1. The predicted molar refractivity (Wildman–Crippen MR) is 129 cm³/mol. The molecule has 1 aromatic heterocycles. The summed E-state index contributed by atoms with van der Waals surface area (Å²) in [5, 5.41) is 6.42. The van der Waals surface area contributed by atoms with Gasteiger partial charge in [0.15, 0.2) is 23.2 Å². The van der Waals surface area contributed by atoms with Crippen LogP contribution in [-0.2, 0) is 11.2 Å². The van der Waals surface area contributed by atoms with E-state index >= 15 is 0 Å². The van der Waals surface area contributed by atoms with Crippen LogP contribution in [0.5, 0.6) is 5.75 Å². The number of carbonyl (C=O) groups excluding carboxylic acids is 1. The number of nitrogens with one attached hydrogen (secondary N) is 2. The normalized spacial score (nSPS) is 10.7. The lowest BCUT2D eigenvalue weighted by molar-refractivity contribution is -0.121. The maximum absolute atomic E-state index is 12.1. The molecule has 0 spiro atoms. The Hall–Kier alpha value is -3.42. The van der Waals surface area contributed by atoms with Crippen molar-refractivity contribution in [3.63, 3.8) is 0 Å². The average Bonchev–Trinajstić information content (AvgIpc) is 3.18. The number of hydrogen-bond acceptors (Lipinski definition) is 5. The number of carbonyl (C=O) groups is 1. The van der Waals surface area contributed by atoms with Crippen LogP contribution in [0.3, 0.4) is 0 Å². The van der Waals surface area contributed by atoms with E-state index in [1.807, 2.05) is 55.5 Å². The monoisotopic (exact) mass is 465 g/mol. The lowest BCUT2D eigenvalue weighted by Gasteiger charge is -2.11. The zero-order valence-electron chi connectivity index (χ0n) is 17.2. The van der Waals surface area contributed by atoms with Crippen LogP contribution >= 0.6 is 23.8 Å². The fourth-order valence-corrected chi connectivity index (χ4v) is 3.41. The highest BCUT2D eigenvalue weighted by Gasteiger charge is 2.09. The SMILES string of the molecule is Cc1cc(OCC(=O)NC(=S)Nc2ccc(Cc3nc4ccccc4o3)cc2)ccc1Cl. The molecule has 0 unspecified atom stereocenters. The molecule has 0 radical (unpaired) electrons. The summed E-state index contributed by atoms with van der Waals surface area (Å²) < 4.78 is 11.2. The molecule has 1 heterocycles. The molecule has 0 aliphatic rings. The Morgan fingerprint density at radius 3 is 2.66 bits per heavy atom. The van der Waals surface area contributed by atoms with Gasteiger partial charge in [-0.25, -0.2) is 4.98 Å². The first-order valence-electron chi connectivity index (χ1n) is 9.89. The first-order chi connectivity index (χ1) is 15.5. The number of halogens is 1. The number of thiocarbonyl (C=S) groups is 1. The number of amides is 1. The van der Waals surface area contributed by atoms with Crippen molar-refractivity contribution in [1.29, 1.82) is 0 Å². The van der Waals surface area contributed by atoms with Crippen LogP contribution in [0.2, 0.25) is 5.02 Å². The Morgan fingerprint density at radius 1 is 1.12 bits per heavy atom. The van der Waals surface area contributed by atoms with E-state index in [1.165, 1.54) is 0 Å². The van der Waals surface area contributed by atoms with Crippen molar-refractivity contribution in [2.24, 2.45) is 0 Å². The van der Waals surface area contributed by atoms with Crippen molar-refractivity contribution in [1.82, 2.24) is 10.3 Å². The topological polar surface area (TPSA) is 76.4 Å². The Balaban J connectivity index is 1.26. The summed E-state index contributed by atoms with van der Waals surface area (Å²) in [6.45, 7) is 1.71. The quantitative estimate of drug-likeness (QED) is 0.378. The number of hydrogen-bond donors (Lipinski definition) is 2. The van der Waals surface area contributed by atoms with Gasteiger partial charge >= 0.3 is 0 Å². The van der Waals surface area contributed by atoms with E-state index in [2.05, 4.69) is 15.6 Å². The molecule has 32 heavy (non-hydrogen) atoms. The summed E-state index contributed by atoms with van der Waals surface area (Å²) in [7, 11) is 0. The van der Waals surface area contributed by atoms with E-state index in [4.69, 9.17) is 33.0 Å². The van der Waals surface area contributed by atoms with Gasteiger partial charge in [0, 0.05) is 17.1 Å². The van der Waals surface area contributed by atoms with Gasteiger partial charge in [0.2, 0.25) is 0 Å². The number of aryl methyl sites for hydroxylation is 1. The van der Waals surface area contributed by atoms with Crippen molar-refractivity contribution in [3.8, 4) is 5.75 Å². The van der Waals surface area contributed by atoms with Crippen molar-refractivity contribution in [2.75, 3.05) is 11.9 Å². The highest BCUT2D eigenvalue weighted by Crippen LogP contribution is 2.21. The van der Waals surface area contributed by atoms with E-state index in [0.717, 1.165) is 27.9 Å². The fourth-order valence-electron chi connectivity index (χ4n) is 3.06. The number of para-hydroxylation sites is 2. The predicted octanol–water partition coefficient (Wildman–Crippen LogP) is 5.27. The van der Waals surface area contributed by atoms with Gasteiger partial charge in [-0.15, -0.1) is 0 Å². The van der Waals surface area contributed by atoms with E-state index in [9.17, 15) is 4.79 Å². The Bertz CT molecular complexity index is 1240. The molecule has 8 heteroatoms. The van der Waals surface area contributed by atoms with Gasteiger partial charge in [-0.3, -0.25) is 10.1 Å². The van der Waals surface area contributed by atoms with Crippen LogP contribution in [0, 0.1) is 6.92 Å². The van der Waals surface area contributed by atoms with E-state index in [1.54, 1.807) is 18.2 Å². The lowest BCUT2D eigenvalue weighted by Crippen LogP contribution is -2.37. The van der Waals surface area contributed by atoms with Crippen molar-refractivity contribution in [2.45, 2.75) is 13.3 Å². The Morgan fingerprint density at radius 2 is 1.91 bits per heavy atom. The molecule has 0 atom stereocenters. The van der Waals surface area contributed by atoms with Crippen molar-refractivity contribution in [3.05, 3.63) is 88.8 Å². The number of rotatable bonds is 6. The number of ether oxygens (including phenoxy) is 1. The van der Waals surface area contributed by atoms with Gasteiger partial charge < -0.3 is 14.5 Å². The first-order valence-corrected chi connectivity index (χ1v) is 10.7. The Kier molecular flexibility index (Phi) is 6.68. The molecule has 0 fully saturated rings. The van der Waals surface area contributed by atoms with Gasteiger partial charge in [0.05, 0.1) is 0 Å². The summed E-state index contributed by atoms with van der Waals surface area (Å²) in [6, 6.07) is 20.5. The number of nitrogens with zero attached hydrogens (tertiary/aromatic N) is 1. The number of fused-ring (bicyclic) bond motifs is 1. The molecule has 0 saturated heterocycles. The molecule has 2 N–H and O–H groups in total. The minimum atomic E-state index is -0.359. The molecule has 1 amide bonds. The van der Waals surface area contributed by atoms with Crippen LogP contribution in [-0.4, -0.2) is 22.6 Å². The van der Waals surface area contributed by atoms with Crippen LogP contribution in [0.15, 0.2) is 71.1 Å². The fraction of sp³-hybridized carbons (Fsp3) is 0.125. The van der Waals surface area contributed by atoms with E-state index in [0.29, 0.717) is 23.1 Å². The van der Waals surface area contributed by atoms with Gasteiger partial charge in [0.1, 0.15) is 11.3 Å². The molecular formula is C24H20ClN3O3S. The lowest BCUT2D eigenvalue weighted by atomic mass is 10.1. The molecule has 3 aromatic carbocycles. The molecule has 4 aromatic rings. The standard InChI is InChI=1S/C24H20ClN3O3S/c1-15-12-18(10-11-19(15)25)30-14-22(29)28-24(32)26-17-8-6-16(7-9-17)13-23-27-20-4-2-3-5-21(20)31-23/h2-12H,13-14H2,1H3,(H2,26,28,29,32). The highest BCUT2D eigenvalue weighted by molar-refractivity contribution is 7.80. The summed E-state index contributed by atoms with van der Waals surface area (Å²) in [4.78, 5) is 16.6. The van der Waals surface area contributed by atoms with Gasteiger partial charge in [0.25, 0.3) is 5.91 Å². The van der Waals surface area contributed by atoms with Gasteiger partial charge in [-0.1, -0.05) is 35.9 Å². The number of benzene rings is 3. The summed E-state index contributed by atoms with van der Waals surface area (Å²) in [5.41, 5.74) is 4.30. The third-order valence-electron chi connectivity index (χ3n) is 4.66. The number of anilines is 1. The molecule has 0 aliphatic carbocycles. The summed E-state index contributed by atoms with van der Waals surface area (Å²) in [5.74, 6) is 0.865. The molecule has 0 saturated carbocycles. The second kappa shape index (κ2) is 9.80. The zero-order chi connectivity index (χ0) is 22.5. The van der Waals surface area contributed by atoms with Crippen LogP contribution in [0.1, 0.15) is 17.0 Å². The summed E-state index contributed by atoms with van der Waals surface area (Å²) in [6.07, 6.45) is 0.581. The molecule has 0 bridgehead atoms. The minimum Gasteiger partial charge on any atom is -0.484 e. The zero-order valence-corrected chi connectivity index (χ0v) is 18.8. The maximum Gasteiger partial charge on any atom is 0.264 e. The second-order valence-electron chi connectivity index (χ2n) is 7.15. The number of oxazole rings is 1.